The van der Waals surface area contributed by atoms with Gasteiger partial charge in [-0.15, -0.1) is 11.3 Å². The summed E-state index contributed by atoms with van der Waals surface area (Å²) in [6, 6.07) is 4.19. The Morgan fingerprint density at radius 2 is 2.28 bits per heavy atom. The Bertz CT molecular complexity index is 519. The molecule has 1 unspecified atom stereocenters. The van der Waals surface area contributed by atoms with E-state index in [-0.39, 0.29) is 5.92 Å². The summed E-state index contributed by atoms with van der Waals surface area (Å²) in [7, 11) is 0. The lowest BCUT2D eigenvalue weighted by Crippen LogP contribution is -2.41. The highest BCUT2D eigenvalue weighted by Crippen LogP contribution is 2.19. The molecule has 18 heavy (non-hydrogen) atoms. The summed E-state index contributed by atoms with van der Waals surface area (Å²) in [5.41, 5.74) is 1.54. The van der Waals surface area contributed by atoms with Crippen molar-refractivity contribution in [2.24, 2.45) is 5.92 Å². The number of hydrogen-bond acceptors (Lipinski definition) is 4. The summed E-state index contributed by atoms with van der Waals surface area (Å²) < 4.78 is 1.21. The van der Waals surface area contributed by atoms with Crippen LogP contribution in [-0.4, -0.2) is 22.2 Å². The van der Waals surface area contributed by atoms with Gasteiger partial charge >= 0.3 is 0 Å². The van der Waals surface area contributed by atoms with Gasteiger partial charge in [0.25, 0.3) is 0 Å². The minimum atomic E-state index is -0.666. The van der Waals surface area contributed by atoms with Crippen LogP contribution in [0.1, 0.15) is 26.3 Å². The summed E-state index contributed by atoms with van der Waals surface area (Å²) in [6.45, 7) is 7.25. The lowest BCUT2D eigenvalue weighted by molar-refractivity contribution is 0.0140. The predicted molar refractivity (Wildman–Crippen MR) is 76.8 cm³/mol. The first-order chi connectivity index (χ1) is 8.49. The predicted octanol–water partition coefficient (Wildman–Crippen LogP) is 2.79. The summed E-state index contributed by atoms with van der Waals surface area (Å²) in [6.07, 6.45) is 1.89. The summed E-state index contributed by atoms with van der Waals surface area (Å²) in [4.78, 5) is 4.40. The topological polar surface area (TPSA) is 45.1 Å². The maximum absolute atomic E-state index is 10.1. The Balaban J connectivity index is 1.94. The highest BCUT2D eigenvalue weighted by Gasteiger charge is 2.23. The van der Waals surface area contributed by atoms with Gasteiger partial charge < -0.3 is 10.4 Å². The van der Waals surface area contributed by atoms with Gasteiger partial charge in [0.15, 0.2) is 0 Å². The van der Waals surface area contributed by atoms with Crippen molar-refractivity contribution in [3.05, 3.63) is 29.3 Å². The number of pyridine rings is 1. The fourth-order valence-corrected chi connectivity index (χ4v) is 2.45. The maximum Gasteiger partial charge on any atom is 0.0809 e. The highest BCUT2D eigenvalue weighted by atomic mass is 32.1. The van der Waals surface area contributed by atoms with E-state index in [1.54, 1.807) is 11.3 Å². The van der Waals surface area contributed by atoms with Gasteiger partial charge in [-0.05, 0) is 35.9 Å². The van der Waals surface area contributed by atoms with E-state index < -0.39 is 5.60 Å². The third kappa shape index (κ3) is 3.07. The van der Waals surface area contributed by atoms with Crippen LogP contribution in [0.2, 0.25) is 0 Å². The van der Waals surface area contributed by atoms with Crippen molar-refractivity contribution in [2.75, 3.05) is 6.54 Å². The number of rotatable bonds is 5. The van der Waals surface area contributed by atoms with Crippen molar-refractivity contribution in [1.82, 2.24) is 10.3 Å². The quantitative estimate of drug-likeness (QED) is 0.873. The number of thiophene rings is 1. The average molecular weight is 264 g/mol. The van der Waals surface area contributed by atoms with Crippen LogP contribution in [0.3, 0.4) is 0 Å². The molecule has 2 aromatic heterocycles. The van der Waals surface area contributed by atoms with Gasteiger partial charge in [0.05, 0.1) is 15.8 Å². The Kier molecular flexibility index (Phi) is 4.00. The number of aromatic nitrogens is 1. The molecule has 0 spiro atoms. The molecule has 2 aromatic rings. The highest BCUT2D eigenvalue weighted by molar-refractivity contribution is 7.17. The molecule has 0 aliphatic heterocycles. The number of aliphatic hydroxyl groups is 1. The summed E-state index contributed by atoms with van der Waals surface area (Å²) >= 11 is 1.71. The molecule has 0 radical (unpaired) electrons. The standard InChI is InChI=1S/C14H20N2OS/c1-10(2)14(3,17)9-15-7-11-6-13-12(16-8-11)4-5-18-13/h4-6,8,10,15,17H,7,9H2,1-3H3. The fraction of sp³-hybridized carbons (Fsp3) is 0.500. The van der Waals surface area contributed by atoms with Gasteiger partial charge in [0.2, 0.25) is 0 Å². The van der Waals surface area contributed by atoms with E-state index >= 15 is 0 Å². The van der Waals surface area contributed by atoms with Crippen LogP contribution >= 0.6 is 11.3 Å². The first-order valence-corrected chi connectivity index (χ1v) is 7.12. The van der Waals surface area contributed by atoms with Crippen molar-refractivity contribution in [2.45, 2.75) is 32.9 Å². The van der Waals surface area contributed by atoms with E-state index in [2.05, 4.69) is 21.7 Å². The Morgan fingerprint density at radius 3 is 3.00 bits per heavy atom. The molecule has 98 valence electrons. The Hall–Kier alpha value is -0.970. The van der Waals surface area contributed by atoms with Crippen LogP contribution in [0.4, 0.5) is 0 Å². The summed E-state index contributed by atoms with van der Waals surface area (Å²) in [5.74, 6) is 0.239. The van der Waals surface area contributed by atoms with E-state index in [0.29, 0.717) is 6.54 Å². The van der Waals surface area contributed by atoms with Crippen LogP contribution in [0.25, 0.3) is 10.2 Å². The molecule has 0 bridgehead atoms. The molecular formula is C14H20N2OS. The molecule has 2 rings (SSSR count). The number of nitrogens with one attached hydrogen (secondary N) is 1. The van der Waals surface area contributed by atoms with Crippen LogP contribution in [0.5, 0.6) is 0 Å². The minimum absolute atomic E-state index is 0.239. The number of hydrogen-bond donors (Lipinski definition) is 2. The second-order valence-electron chi connectivity index (χ2n) is 5.26. The smallest absolute Gasteiger partial charge is 0.0809 e. The van der Waals surface area contributed by atoms with E-state index in [4.69, 9.17) is 0 Å². The molecule has 1 atom stereocenters. The van der Waals surface area contributed by atoms with Crippen LogP contribution in [-0.2, 0) is 6.54 Å². The van der Waals surface area contributed by atoms with E-state index in [1.165, 1.54) is 4.70 Å². The van der Waals surface area contributed by atoms with Crippen molar-refractivity contribution < 1.29 is 5.11 Å². The fourth-order valence-electron chi connectivity index (χ4n) is 1.65. The van der Waals surface area contributed by atoms with Crippen molar-refractivity contribution in [3.63, 3.8) is 0 Å². The Morgan fingerprint density at radius 1 is 1.50 bits per heavy atom. The second-order valence-corrected chi connectivity index (χ2v) is 6.21. The second kappa shape index (κ2) is 5.34. The van der Waals surface area contributed by atoms with Crippen molar-refractivity contribution >= 4 is 21.6 Å². The van der Waals surface area contributed by atoms with E-state index in [9.17, 15) is 5.11 Å². The molecule has 0 amide bonds. The van der Waals surface area contributed by atoms with Gasteiger partial charge in [0.1, 0.15) is 0 Å². The first kappa shape index (κ1) is 13.5. The van der Waals surface area contributed by atoms with Gasteiger partial charge in [0, 0.05) is 19.3 Å². The van der Waals surface area contributed by atoms with Crippen molar-refractivity contribution in [3.8, 4) is 0 Å². The van der Waals surface area contributed by atoms with Crippen LogP contribution in [0, 0.1) is 5.92 Å². The van der Waals surface area contributed by atoms with Crippen molar-refractivity contribution in [1.29, 1.82) is 0 Å². The molecule has 0 fully saturated rings. The molecule has 2 heterocycles. The van der Waals surface area contributed by atoms with E-state index in [1.807, 2.05) is 33.0 Å². The van der Waals surface area contributed by atoms with Gasteiger partial charge in [-0.25, -0.2) is 0 Å². The SMILES string of the molecule is CC(C)C(C)(O)CNCc1cnc2ccsc2c1. The third-order valence-electron chi connectivity index (χ3n) is 3.42. The third-order valence-corrected chi connectivity index (χ3v) is 4.27. The summed E-state index contributed by atoms with van der Waals surface area (Å²) in [5, 5.41) is 15.5. The zero-order chi connectivity index (χ0) is 13.2. The molecule has 0 aliphatic rings. The lowest BCUT2D eigenvalue weighted by atomic mass is 9.92. The molecule has 0 saturated carbocycles. The normalized spacial score (nSPS) is 15.2. The zero-order valence-corrected chi connectivity index (χ0v) is 11.9. The molecule has 0 saturated heterocycles. The average Bonchev–Trinajstić information content (AvgIpc) is 2.75. The monoisotopic (exact) mass is 264 g/mol. The Labute approximate surface area is 112 Å². The largest absolute Gasteiger partial charge is 0.389 e. The van der Waals surface area contributed by atoms with E-state index in [0.717, 1.165) is 17.6 Å². The zero-order valence-electron chi connectivity index (χ0n) is 11.1. The first-order valence-electron chi connectivity index (χ1n) is 6.24. The van der Waals surface area contributed by atoms with Crippen LogP contribution in [0.15, 0.2) is 23.7 Å². The minimum Gasteiger partial charge on any atom is -0.389 e. The van der Waals surface area contributed by atoms with Gasteiger partial charge in [-0.1, -0.05) is 13.8 Å². The number of nitrogens with zero attached hydrogens (tertiary/aromatic N) is 1. The van der Waals surface area contributed by atoms with Gasteiger partial charge in [-0.3, -0.25) is 4.98 Å². The number of fused-ring (bicyclic) bond motifs is 1. The maximum atomic E-state index is 10.1. The lowest BCUT2D eigenvalue weighted by Gasteiger charge is -2.27. The molecule has 0 aromatic carbocycles. The van der Waals surface area contributed by atoms with Crippen LogP contribution < -0.4 is 5.32 Å². The molecule has 2 N–H and O–H groups in total. The molecule has 4 heteroatoms. The molecule has 0 aliphatic carbocycles. The van der Waals surface area contributed by atoms with Gasteiger partial charge in [-0.2, -0.15) is 0 Å². The molecular weight excluding hydrogens is 244 g/mol. The molecule has 3 nitrogen and oxygen atoms in total.